The Morgan fingerprint density at radius 3 is 2.72 bits per heavy atom. The van der Waals surface area contributed by atoms with Crippen LogP contribution in [0.4, 0.5) is 0 Å². The molecule has 4 heterocycles. The number of fused-ring (bicyclic) bond motifs is 5. The van der Waals surface area contributed by atoms with Gasteiger partial charge in [-0.2, -0.15) is 0 Å². The van der Waals surface area contributed by atoms with Crippen molar-refractivity contribution >= 4 is 39.1 Å². The molecule has 0 bridgehead atoms. The van der Waals surface area contributed by atoms with Gasteiger partial charge < -0.3 is 4.90 Å². The standard InChI is InChI=1S/C24H29N5OS2/c1-3-4-5-6-10-15-31-24-26-25-23-28(17-11-8-7-9-12-17)21(30)20-18-13-14-27(2)16-19(18)32-22(20)29(23)24/h7-9,11-12H,3-6,10,13-16H2,1-2H3. The van der Waals surface area contributed by atoms with Crippen LogP contribution in [0.1, 0.15) is 49.5 Å². The van der Waals surface area contributed by atoms with Crippen molar-refractivity contribution in [2.75, 3.05) is 19.3 Å². The van der Waals surface area contributed by atoms with Crippen molar-refractivity contribution in [1.82, 2.24) is 24.1 Å². The van der Waals surface area contributed by atoms with E-state index in [0.29, 0.717) is 5.78 Å². The summed E-state index contributed by atoms with van der Waals surface area (Å²) >= 11 is 3.49. The molecule has 0 radical (unpaired) electrons. The maximum atomic E-state index is 13.8. The fraction of sp³-hybridized carbons (Fsp3) is 0.458. The Hall–Kier alpha value is -2.16. The highest BCUT2D eigenvalue weighted by atomic mass is 32.2. The maximum absolute atomic E-state index is 13.8. The van der Waals surface area contributed by atoms with E-state index in [-0.39, 0.29) is 5.56 Å². The minimum Gasteiger partial charge on any atom is -0.301 e. The molecule has 6 nitrogen and oxygen atoms in total. The van der Waals surface area contributed by atoms with E-state index < -0.39 is 0 Å². The quantitative estimate of drug-likeness (QED) is 0.265. The summed E-state index contributed by atoms with van der Waals surface area (Å²) in [4.78, 5) is 18.4. The molecule has 5 rings (SSSR count). The van der Waals surface area contributed by atoms with Crippen LogP contribution in [0.3, 0.4) is 0 Å². The lowest BCUT2D eigenvalue weighted by molar-refractivity contribution is 0.318. The third-order valence-corrected chi connectivity index (χ3v) is 8.38. The number of hydrogen-bond donors (Lipinski definition) is 0. The predicted octanol–water partition coefficient (Wildman–Crippen LogP) is 5.15. The van der Waals surface area contributed by atoms with E-state index in [0.717, 1.165) is 46.3 Å². The van der Waals surface area contributed by atoms with Gasteiger partial charge in [0.15, 0.2) is 5.16 Å². The summed E-state index contributed by atoms with van der Waals surface area (Å²) in [6.45, 7) is 4.11. The van der Waals surface area contributed by atoms with E-state index in [1.165, 1.54) is 42.5 Å². The average molecular weight is 468 g/mol. The van der Waals surface area contributed by atoms with Crippen LogP contribution in [-0.2, 0) is 13.0 Å². The number of thiophene rings is 1. The third kappa shape index (κ3) is 3.89. The van der Waals surface area contributed by atoms with Crippen LogP contribution in [-0.4, -0.2) is 43.4 Å². The van der Waals surface area contributed by atoms with Gasteiger partial charge in [0, 0.05) is 23.7 Å². The molecule has 0 N–H and O–H groups in total. The lowest BCUT2D eigenvalue weighted by Crippen LogP contribution is -2.27. The second kappa shape index (κ2) is 9.37. The van der Waals surface area contributed by atoms with E-state index >= 15 is 0 Å². The number of aromatic nitrogens is 4. The monoisotopic (exact) mass is 467 g/mol. The zero-order chi connectivity index (χ0) is 22.1. The largest absolute Gasteiger partial charge is 0.301 e. The SMILES string of the molecule is CCCCCCCSc1nnc2n(-c3ccccc3)c(=O)c3c4c(sc3n12)CN(C)CC4. The second-order valence-corrected chi connectivity index (χ2v) is 10.7. The fourth-order valence-electron chi connectivity index (χ4n) is 4.45. The van der Waals surface area contributed by atoms with Gasteiger partial charge in [-0.1, -0.05) is 62.6 Å². The lowest BCUT2D eigenvalue weighted by Gasteiger charge is -2.21. The first kappa shape index (κ1) is 21.7. The summed E-state index contributed by atoms with van der Waals surface area (Å²) in [5, 5.41) is 10.8. The van der Waals surface area contributed by atoms with Crippen LogP contribution in [0.5, 0.6) is 0 Å². The average Bonchev–Trinajstić information content (AvgIpc) is 3.38. The van der Waals surface area contributed by atoms with Crippen molar-refractivity contribution in [3.05, 3.63) is 51.1 Å². The predicted molar refractivity (Wildman–Crippen MR) is 133 cm³/mol. The first-order valence-electron chi connectivity index (χ1n) is 11.5. The van der Waals surface area contributed by atoms with E-state index in [4.69, 9.17) is 0 Å². The number of benzene rings is 1. The minimum atomic E-state index is 0.0178. The van der Waals surface area contributed by atoms with Gasteiger partial charge >= 0.3 is 0 Å². The number of unbranched alkanes of at least 4 members (excludes halogenated alkanes) is 4. The van der Waals surface area contributed by atoms with Crippen molar-refractivity contribution in [3.8, 4) is 5.69 Å². The molecular weight excluding hydrogens is 438 g/mol. The molecular formula is C24H29N5OS2. The smallest absolute Gasteiger partial charge is 0.268 e. The Balaban J connectivity index is 1.64. The fourth-order valence-corrected chi connectivity index (χ4v) is 6.86. The van der Waals surface area contributed by atoms with Gasteiger partial charge in [-0.3, -0.25) is 4.79 Å². The maximum Gasteiger partial charge on any atom is 0.268 e. The van der Waals surface area contributed by atoms with Gasteiger partial charge in [0.1, 0.15) is 4.83 Å². The van der Waals surface area contributed by atoms with Gasteiger partial charge in [-0.05, 0) is 37.6 Å². The van der Waals surface area contributed by atoms with Gasteiger partial charge in [0.2, 0.25) is 5.78 Å². The molecule has 0 atom stereocenters. The van der Waals surface area contributed by atoms with Crippen LogP contribution in [0.15, 0.2) is 40.3 Å². The van der Waals surface area contributed by atoms with E-state index in [9.17, 15) is 4.79 Å². The Kier molecular flexibility index (Phi) is 6.35. The number of hydrogen-bond acceptors (Lipinski definition) is 6. The van der Waals surface area contributed by atoms with E-state index in [2.05, 4.69) is 33.5 Å². The molecule has 0 amide bonds. The second-order valence-electron chi connectivity index (χ2n) is 8.53. The first-order chi connectivity index (χ1) is 15.7. The molecule has 0 unspecified atom stereocenters. The highest BCUT2D eigenvalue weighted by Gasteiger charge is 2.26. The van der Waals surface area contributed by atoms with Crippen LogP contribution < -0.4 is 5.56 Å². The molecule has 1 aliphatic heterocycles. The zero-order valence-electron chi connectivity index (χ0n) is 18.7. The van der Waals surface area contributed by atoms with Gasteiger partial charge in [0.05, 0.1) is 11.1 Å². The Morgan fingerprint density at radius 1 is 1.09 bits per heavy atom. The van der Waals surface area contributed by atoms with Crippen molar-refractivity contribution in [3.63, 3.8) is 0 Å². The van der Waals surface area contributed by atoms with Gasteiger partial charge in [-0.25, -0.2) is 8.97 Å². The number of para-hydroxylation sites is 1. The lowest BCUT2D eigenvalue weighted by atomic mass is 10.1. The van der Waals surface area contributed by atoms with E-state index in [1.807, 2.05) is 30.3 Å². The van der Waals surface area contributed by atoms with Gasteiger partial charge in [-0.15, -0.1) is 21.5 Å². The molecule has 0 saturated carbocycles. The molecule has 3 aromatic heterocycles. The Morgan fingerprint density at radius 2 is 1.91 bits per heavy atom. The van der Waals surface area contributed by atoms with Crippen molar-refractivity contribution < 1.29 is 0 Å². The number of nitrogens with zero attached hydrogens (tertiary/aromatic N) is 5. The summed E-state index contributed by atoms with van der Waals surface area (Å²) in [6, 6.07) is 9.83. The molecule has 0 spiro atoms. The van der Waals surface area contributed by atoms with Crippen molar-refractivity contribution in [1.29, 1.82) is 0 Å². The van der Waals surface area contributed by atoms with Crippen LogP contribution in [0.25, 0.3) is 21.7 Å². The number of rotatable bonds is 8. The van der Waals surface area contributed by atoms with Crippen LogP contribution in [0, 0.1) is 0 Å². The minimum absolute atomic E-state index is 0.0178. The molecule has 168 valence electrons. The molecule has 4 aromatic rings. The van der Waals surface area contributed by atoms with Gasteiger partial charge in [0.25, 0.3) is 5.56 Å². The summed E-state index contributed by atoms with van der Waals surface area (Å²) in [5.74, 6) is 1.62. The first-order valence-corrected chi connectivity index (χ1v) is 13.3. The van der Waals surface area contributed by atoms with Crippen molar-refractivity contribution in [2.45, 2.75) is 57.1 Å². The van der Waals surface area contributed by atoms with E-state index in [1.54, 1.807) is 27.7 Å². The third-order valence-electron chi connectivity index (χ3n) is 6.16. The molecule has 0 saturated heterocycles. The van der Waals surface area contributed by atoms with Crippen LogP contribution >= 0.6 is 23.1 Å². The Labute approximate surface area is 196 Å². The molecule has 1 aromatic carbocycles. The zero-order valence-corrected chi connectivity index (χ0v) is 20.3. The summed E-state index contributed by atoms with van der Waals surface area (Å²) < 4.78 is 3.87. The molecule has 0 aliphatic carbocycles. The highest BCUT2D eigenvalue weighted by molar-refractivity contribution is 7.99. The van der Waals surface area contributed by atoms with Crippen molar-refractivity contribution in [2.24, 2.45) is 0 Å². The molecule has 8 heteroatoms. The normalized spacial score (nSPS) is 14.4. The highest BCUT2D eigenvalue weighted by Crippen LogP contribution is 2.35. The molecule has 0 fully saturated rings. The summed E-state index contributed by atoms with van der Waals surface area (Å²) in [7, 11) is 2.14. The molecule has 32 heavy (non-hydrogen) atoms. The number of thioether (sulfide) groups is 1. The summed E-state index contributed by atoms with van der Waals surface area (Å²) in [6.07, 6.45) is 7.19. The molecule has 1 aliphatic rings. The Bertz CT molecular complexity index is 1290. The van der Waals surface area contributed by atoms with Crippen LogP contribution in [0.2, 0.25) is 0 Å². The number of likely N-dealkylation sites (N-methyl/N-ethyl adjacent to an activating group) is 1. The summed E-state index contributed by atoms with van der Waals surface area (Å²) in [5.41, 5.74) is 2.06. The topological polar surface area (TPSA) is 55.4 Å².